The molecule has 0 radical (unpaired) electrons. The highest BCUT2D eigenvalue weighted by molar-refractivity contribution is 7.14. The van der Waals surface area contributed by atoms with Gasteiger partial charge in [-0.05, 0) is 48.4 Å². The first-order valence-corrected chi connectivity index (χ1v) is 10.3. The van der Waals surface area contributed by atoms with Crippen LogP contribution in [0.5, 0.6) is 5.75 Å². The van der Waals surface area contributed by atoms with E-state index >= 15 is 0 Å². The summed E-state index contributed by atoms with van der Waals surface area (Å²) in [5.41, 5.74) is 3.47. The van der Waals surface area contributed by atoms with Crippen LogP contribution >= 0.6 is 11.3 Å². The number of nitrogens with one attached hydrogen (secondary N) is 2. The molecule has 2 heterocycles. The summed E-state index contributed by atoms with van der Waals surface area (Å²) in [5, 5.41) is 8.58. The number of aromatic nitrogens is 3. The van der Waals surface area contributed by atoms with Gasteiger partial charge in [0.2, 0.25) is 0 Å². The van der Waals surface area contributed by atoms with E-state index in [2.05, 4.69) is 20.6 Å². The number of ether oxygens (including phenoxy) is 1. The lowest BCUT2D eigenvalue weighted by molar-refractivity contribution is 0.0950. The summed E-state index contributed by atoms with van der Waals surface area (Å²) in [5.74, 6) is 0.643. The first kappa shape index (κ1) is 19.7. The fourth-order valence-electron chi connectivity index (χ4n) is 2.89. The highest BCUT2D eigenvalue weighted by Crippen LogP contribution is 2.22. The van der Waals surface area contributed by atoms with Gasteiger partial charge in [0.1, 0.15) is 11.4 Å². The number of anilines is 2. The molecule has 2 aromatic carbocycles. The Morgan fingerprint density at radius 1 is 1.13 bits per heavy atom. The van der Waals surface area contributed by atoms with Crippen LogP contribution in [0.15, 0.2) is 72.6 Å². The summed E-state index contributed by atoms with van der Waals surface area (Å²) < 4.78 is 7.08. The lowest BCUT2D eigenvalue weighted by Crippen LogP contribution is -2.25. The number of imidazole rings is 1. The third kappa shape index (κ3) is 4.84. The van der Waals surface area contributed by atoms with Crippen molar-refractivity contribution in [2.24, 2.45) is 0 Å². The van der Waals surface area contributed by atoms with Crippen molar-refractivity contribution in [2.45, 2.75) is 6.42 Å². The van der Waals surface area contributed by atoms with Crippen LogP contribution in [-0.4, -0.2) is 34.1 Å². The van der Waals surface area contributed by atoms with Crippen LogP contribution in [-0.2, 0) is 6.42 Å². The number of rotatable bonds is 8. The van der Waals surface area contributed by atoms with Gasteiger partial charge in [0.25, 0.3) is 5.91 Å². The van der Waals surface area contributed by atoms with Crippen molar-refractivity contribution in [3.8, 4) is 11.4 Å². The zero-order chi connectivity index (χ0) is 20.8. The molecule has 0 unspecified atom stereocenters. The van der Waals surface area contributed by atoms with Crippen molar-refractivity contribution in [1.82, 2.24) is 19.9 Å². The maximum atomic E-state index is 12.4. The van der Waals surface area contributed by atoms with Crippen molar-refractivity contribution >= 4 is 28.1 Å². The van der Waals surface area contributed by atoms with Crippen molar-refractivity contribution in [1.29, 1.82) is 0 Å². The normalized spacial score (nSPS) is 10.6. The van der Waals surface area contributed by atoms with Crippen LogP contribution in [0, 0.1) is 0 Å². The number of thiazole rings is 1. The third-order valence-electron chi connectivity index (χ3n) is 4.52. The minimum atomic E-state index is -0.178. The molecule has 1 amide bonds. The standard InChI is InChI=1S/C22H21N5O2S/c1-29-19-8-2-16(3-9-19)10-11-24-21(28)20-14-30-22(26-20)25-17-4-6-18(7-5-17)27-13-12-23-15-27/h2-9,12-15H,10-11H2,1H3,(H,24,28)(H,25,26). The molecule has 4 aromatic rings. The van der Waals surface area contributed by atoms with Crippen LogP contribution in [0.2, 0.25) is 0 Å². The molecule has 0 saturated carbocycles. The summed E-state index contributed by atoms with van der Waals surface area (Å²) in [6, 6.07) is 15.7. The van der Waals surface area contributed by atoms with E-state index in [1.807, 2.05) is 59.3 Å². The predicted octanol–water partition coefficient (Wildman–Crippen LogP) is 4.05. The molecule has 0 fully saturated rings. The number of hydrogen-bond donors (Lipinski definition) is 2. The highest BCUT2D eigenvalue weighted by Gasteiger charge is 2.10. The highest BCUT2D eigenvalue weighted by atomic mass is 32.1. The van der Waals surface area contributed by atoms with E-state index in [0.717, 1.165) is 29.1 Å². The van der Waals surface area contributed by atoms with Crippen molar-refractivity contribution in [3.05, 3.63) is 83.9 Å². The van der Waals surface area contributed by atoms with Crippen LogP contribution in [0.1, 0.15) is 16.1 Å². The Hall–Kier alpha value is -3.65. The number of methoxy groups -OCH3 is 1. The van der Waals surface area contributed by atoms with E-state index in [-0.39, 0.29) is 5.91 Å². The number of benzene rings is 2. The summed E-state index contributed by atoms with van der Waals surface area (Å²) in [7, 11) is 1.64. The molecule has 2 N–H and O–H groups in total. The molecule has 2 aromatic heterocycles. The predicted molar refractivity (Wildman–Crippen MR) is 118 cm³/mol. The SMILES string of the molecule is COc1ccc(CCNC(=O)c2csc(Nc3ccc(-n4ccnc4)cc3)n2)cc1. The van der Waals surface area contributed by atoms with E-state index in [1.165, 1.54) is 11.3 Å². The van der Waals surface area contributed by atoms with Gasteiger partial charge in [0.15, 0.2) is 5.13 Å². The molecule has 0 saturated heterocycles. The second-order valence-corrected chi connectivity index (χ2v) is 7.39. The van der Waals surface area contributed by atoms with Crippen LogP contribution in [0.4, 0.5) is 10.8 Å². The van der Waals surface area contributed by atoms with Crippen molar-refractivity contribution in [3.63, 3.8) is 0 Å². The molecule has 0 aliphatic carbocycles. The Morgan fingerprint density at radius 2 is 1.93 bits per heavy atom. The van der Waals surface area contributed by atoms with Crippen LogP contribution in [0.25, 0.3) is 5.69 Å². The summed E-state index contributed by atoms with van der Waals surface area (Å²) in [6.07, 6.45) is 6.13. The lowest BCUT2D eigenvalue weighted by Gasteiger charge is -2.06. The molecule has 0 atom stereocenters. The molecule has 4 rings (SSSR count). The molecule has 0 bridgehead atoms. The van der Waals surface area contributed by atoms with E-state index in [0.29, 0.717) is 17.4 Å². The van der Waals surface area contributed by atoms with Crippen molar-refractivity contribution < 1.29 is 9.53 Å². The minimum Gasteiger partial charge on any atom is -0.497 e. The monoisotopic (exact) mass is 419 g/mol. The minimum absolute atomic E-state index is 0.178. The van der Waals surface area contributed by atoms with Gasteiger partial charge in [-0.3, -0.25) is 4.79 Å². The second-order valence-electron chi connectivity index (χ2n) is 6.53. The molecule has 30 heavy (non-hydrogen) atoms. The summed E-state index contributed by atoms with van der Waals surface area (Å²) >= 11 is 1.40. The number of amides is 1. The molecule has 0 aliphatic rings. The largest absolute Gasteiger partial charge is 0.497 e. The molecule has 0 aliphatic heterocycles. The average molecular weight is 420 g/mol. The quantitative estimate of drug-likeness (QED) is 0.450. The molecule has 7 nitrogen and oxygen atoms in total. The number of nitrogens with zero attached hydrogens (tertiary/aromatic N) is 3. The topological polar surface area (TPSA) is 81.1 Å². The van der Waals surface area contributed by atoms with Gasteiger partial charge in [-0.15, -0.1) is 11.3 Å². The molecular formula is C22H21N5O2S. The fourth-order valence-corrected chi connectivity index (χ4v) is 3.60. The Bertz CT molecular complexity index is 1090. The Morgan fingerprint density at radius 3 is 2.63 bits per heavy atom. The van der Waals surface area contributed by atoms with Crippen LogP contribution < -0.4 is 15.4 Å². The number of carbonyl (C=O) groups excluding carboxylic acids is 1. The number of hydrogen-bond acceptors (Lipinski definition) is 6. The maximum absolute atomic E-state index is 12.4. The van der Waals surface area contributed by atoms with Gasteiger partial charge in [0, 0.05) is 35.7 Å². The Labute approximate surface area is 178 Å². The van der Waals surface area contributed by atoms with Crippen LogP contribution in [0.3, 0.4) is 0 Å². The first-order chi connectivity index (χ1) is 14.7. The lowest BCUT2D eigenvalue weighted by atomic mass is 10.1. The summed E-state index contributed by atoms with van der Waals surface area (Å²) in [6.45, 7) is 0.543. The molecule has 152 valence electrons. The second kappa shape index (κ2) is 9.23. The molecule has 8 heteroatoms. The van der Waals surface area contributed by atoms with Gasteiger partial charge >= 0.3 is 0 Å². The molecular weight excluding hydrogens is 398 g/mol. The summed E-state index contributed by atoms with van der Waals surface area (Å²) in [4.78, 5) is 20.8. The fraction of sp³-hybridized carbons (Fsp3) is 0.136. The maximum Gasteiger partial charge on any atom is 0.270 e. The molecule has 0 spiro atoms. The van der Waals surface area contributed by atoms with E-state index in [4.69, 9.17) is 4.74 Å². The van der Waals surface area contributed by atoms with E-state index in [9.17, 15) is 4.79 Å². The average Bonchev–Trinajstić information content (AvgIpc) is 3.47. The van der Waals surface area contributed by atoms with Crippen molar-refractivity contribution in [2.75, 3.05) is 19.0 Å². The van der Waals surface area contributed by atoms with E-state index < -0.39 is 0 Å². The third-order valence-corrected chi connectivity index (χ3v) is 5.27. The Kier molecular flexibility index (Phi) is 6.05. The van der Waals surface area contributed by atoms with E-state index in [1.54, 1.807) is 25.0 Å². The van der Waals surface area contributed by atoms with Gasteiger partial charge in [-0.25, -0.2) is 9.97 Å². The van der Waals surface area contributed by atoms with Gasteiger partial charge in [-0.2, -0.15) is 0 Å². The Balaban J connectivity index is 1.29. The smallest absolute Gasteiger partial charge is 0.270 e. The van der Waals surface area contributed by atoms with Gasteiger partial charge in [-0.1, -0.05) is 12.1 Å². The zero-order valence-electron chi connectivity index (χ0n) is 16.4. The van der Waals surface area contributed by atoms with Gasteiger partial charge < -0.3 is 19.9 Å². The zero-order valence-corrected chi connectivity index (χ0v) is 17.2. The van der Waals surface area contributed by atoms with Gasteiger partial charge in [0.05, 0.1) is 13.4 Å². The number of carbonyl (C=O) groups is 1. The first-order valence-electron chi connectivity index (χ1n) is 9.43.